The third-order valence-electron chi connectivity index (χ3n) is 4.46. The highest BCUT2D eigenvalue weighted by molar-refractivity contribution is 6.04. The van der Waals surface area contributed by atoms with E-state index in [9.17, 15) is 14.0 Å². The fourth-order valence-electron chi connectivity index (χ4n) is 3.12. The van der Waals surface area contributed by atoms with Gasteiger partial charge in [0.2, 0.25) is 0 Å². The minimum atomic E-state index is -0.579. The van der Waals surface area contributed by atoms with E-state index in [0.29, 0.717) is 16.9 Å². The van der Waals surface area contributed by atoms with Crippen LogP contribution in [0.4, 0.5) is 15.9 Å². The average molecular weight is 356 g/mol. The van der Waals surface area contributed by atoms with Crippen LogP contribution < -0.4 is 16.0 Å². The van der Waals surface area contributed by atoms with Gasteiger partial charge in [-0.05, 0) is 56.5 Å². The lowest BCUT2D eigenvalue weighted by atomic mass is 10.1. The minimum absolute atomic E-state index is 0.226. The number of rotatable bonds is 4. The largest absolute Gasteiger partial charge is 0.371 e. The molecule has 3 N–H and O–H groups in total. The Morgan fingerprint density at radius 3 is 2.54 bits per heavy atom. The molecule has 0 saturated carbocycles. The number of piperidine rings is 1. The highest BCUT2D eigenvalue weighted by Crippen LogP contribution is 2.23. The molecule has 1 aliphatic rings. The summed E-state index contributed by atoms with van der Waals surface area (Å²) in [4.78, 5) is 30.0. The van der Waals surface area contributed by atoms with Crippen molar-refractivity contribution in [2.24, 2.45) is 5.73 Å². The first-order valence-corrected chi connectivity index (χ1v) is 8.58. The zero-order valence-corrected chi connectivity index (χ0v) is 14.6. The van der Waals surface area contributed by atoms with Crippen molar-refractivity contribution < 1.29 is 14.0 Å². The Hall–Kier alpha value is -2.96. The van der Waals surface area contributed by atoms with Gasteiger partial charge in [-0.3, -0.25) is 9.59 Å². The summed E-state index contributed by atoms with van der Waals surface area (Å²) in [6.07, 6.45) is 3.30. The van der Waals surface area contributed by atoms with Crippen molar-refractivity contribution in [3.8, 4) is 0 Å². The zero-order valence-electron chi connectivity index (χ0n) is 14.6. The van der Waals surface area contributed by atoms with E-state index in [1.807, 2.05) is 0 Å². The molecule has 1 aromatic heterocycles. The first-order valence-electron chi connectivity index (χ1n) is 8.58. The molecule has 136 valence electrons. The number of pyridine rings is 1. The number of aryl methyl sites for hydroxylation is 1. The molecular formula is C19H21FN4O2. The molecule has 0 atom stereocenters. The lowest BCUT2D eigenvalue weighted by molar-refractivity contribution is 0.0997. The van der Waals surface area contributed by atoms with Gasteiger partial charge in [-0.2, -0.15) is 0 Å². The van der Waals surface area contributed by atoms with E-state index < -0.39 is 17.6 Å². The van der Waals surface area contributed by atoms with Crippen LogP contribution in [0.15, 0.2) is 30.3 Å². The molecule has 0 radical (unpaired) electrons. The first kappa shape index (κ1) is 17.8. The number of anilines is 2. The van der Waals surface area contributed by atoms with Crippen molar-refractivity contribution in [2.45, 2.75) is 26.2 Å². The van der Waals surface area contributed by atoms with Gasteiger partial charge < -0.3 is 16.0 Å². The average Bonchev–Trinajstić information content (AvgIpc) is 2.61. The summed E-state index contributed by atoms with van der Waals surface area (Å²) < 4.78 is 14.0. The molecule has 3 rings (SSSR count). The van der Waals surface area contributed by atoms with E-state index in [4.69, 9.17) is 5.73 Å². The molecule has 7 heteroatoms. The maximum Gasteiger partial charge on any atom is 0.256 e. The highest BCUT2D eigenvalue weighted by Gasteiger charge is 2.16. The van der Waals surface area contributed by atoms with Gasteiger partial charge in [-0.25, -0.2) is 9.37 Å². The molecule has 26 heavy (non-hydrogen) atoms. The summed E-state index contributed by atoms with van der Waals surface area (Å²) in [5, 5.41) is 2.64. The summed E-state index contributed by atoms with van der Waals surface area (Å²) in [5.74, 6) is -1.21. The number of halogens is 1. The number of hydrogen-bond acceptors (Lipinski definition) is 4. The Labute approximate surface area is 151 Å². The van der Waals surface area contributed by atoms with Crippen LogP contribution >= 0.6 is 0 Å². The van der Waals surface area contributed by atoms with Gasteiger partial charge in [0.15, 0.2) is 0 Å². The quantitative estimate of drug-likeness (QED) is 0.882. The fraction of sp³-hybridized carbons (Fsp3) is 0.316. The Kier molecular flexibility index (Phi) is 5.16. The molecule has 0 bridgehead atoms. The monoisotopic (exact) mass is 356 g/mol. The predicted octanol–water partition coefficient (Wildman–Crippen LogP) is 2.87. The number of aromatic nitrogens is 1. The normalized spacial score (nSPS) is 14.2. The smallest absolute Gasteiger partial charge is 0.256 e. The molecule has 6 nitrogen and oxygen atoms in total. The number of carbonyl (C=O) groups excluding carboxylic acids is 2. The van der Waals surface area contributed by atoms with Gasteiger partial charge in [0.1, 0.15) is 11.6 Å². The van der Waals surface area contributed by atoms with Crippen molar-refractivity contribution >= 4 is 23.3 Å². The van der Waals surface area contributed by atoms with E-state index in [1.54, 1.807) is 13.0 Å². The van der Waals surface area contributed by atoms with Gasteiger partial charge >= 0.3 is 0 Å². The van der Waals surface area contributed by atoms with E-state index in [1.165, 1.54) is 30.7 Å². The van der Waals surface area contributed by atoms with Gasteiger partial charge in [0, 0.05) is 24.3 Å². The van der Waals surface area contributed by atoms with E-state index in [-0.39, 0.29) is 11.4 Å². The summed E-state index contributed by atoms with van der Waals surface area (Å²) in [6.45, 7) is 3.35. The third kappa shape index (κ3) is 3.99. The molecule has 1 saturated heterocycles. The van der Waals surface area contributed by atoms with Crippen molar-refractivity contribution in [1.82, 2.24) is 4.98 Å². The highest BCUT2D eigenvalue weighted by atomic mass is 19.1. The molecule has 0 spiro atoms. The molecule has 0 unspecified atom stereocenters. The maximum absolute atomic E-state index is 14.0. The van der Waals surface area contributed by atoms with Gasteiger partial charge in [-0.15, -0.1) is 0 Å². The van der Waals surface area contributed by atoms with Crippen LogP contribution in [0.3, 0.4) is 0 Å². The molecule has 2 amide bonds. The summed E-state index contributed by atoms with van der Waals surface area (Å²) in [7, 11) is 0. The standard InChI is InChI=1S/C19H21FN4O2/c1-12-16(18(21)25)5-6-17(22-12)23-19(26)13-9-14(20)11-15(10-13)24-7-3-2-4-8-24/h5-6,9-11H,2-4,7-8H2,1H3,(H2,21,25)(H,22,23,26). The predicted molar refractivity (Wildman–Crippen MR) is 97.9 cm³/mol. The number of hydrogen-bond donors (Lipinski definition) is 2. The fourth-order valence-corrected chi connectivity index (χ4v) is 3.12. The number of amides is 2. The second-order valence-electron chi connectivity index (χ2n) is 6.39. The number of nitrogens with two attached hydrogens (primary N) is 1. The zero-order chi connectivity index (χ0) is 18.7. The van der Waals surface area contributed by atoms with Crippen LogP contribution in [0.5, 0.6) is 0 Å². The van der Waals surface area contributed by atoms with Crippen molar-refractivity contribution in [2.75, 3.05) is 23.3 Å². The number of carbonyl (C=O) groups is 2. The molecule has 1 fully saturated rings. The number of benzene rings is 1. The topological polar surface area (TPSA) is 88.3 Å². The molecule has 1 aromatic carbocycles. The van der Waals surface area contributed by atoms with E-state index in [2.05, 4.69) is 15.2 Å². The van der Waals surface area contributed by atoms with E-state index >= 15 is 0 Å². The van der Waals surface area contributed by atoms with Crippen LogP contribution in [0, 0.1) is 12.7 Å². The van der Waals surface area contributed by atoms with Gasteiger partial charge in [0.05, 0.1) is 11.3 Å². The Morgan fingerprint density at radius 1 is 1.15 bits per heavy atom. The Bertz CT molecular complexity index is 847. The number of nitrogens with one attached hydrogen (secondary N) is 1. The summed E-state index contributed by atoms with van der Waals surface area (Å²) >= 11 is 0. The summed E-state index contributed by atoms with van der Waals surface area (Å²) in [5.41, 5.74) is 6.90. The van der Waals surface area contributed by atoms with Crippen molar-refractivity contribution in [1.29, 1.82) is 0 Å². The minimum Gasteiger partial charge on any atom is -0.371 e. The van der Waals surface area contributed by atoms with Crippen molar-refractivity contribution in [3.05, 3.63) is 53.0 Å². The number of nitrogens with zero attached hydrogens (tertiary/aromatic N) is 2. The van der Waals surface area contributed by atoms with Crippen molar-refractivity contribution in [3.63, 3.8) is 0 Å². The van der Waals surface area contributed by atoms with Crippen LogP contribution in [0.1, 0.15) is 45.7 Å². The second-order valence-corrected chi connectivity index (χ2v) is 6.39. The van der Waals surface area contributed by atoms with Crippen LogP contribution in [-0.2, 0) is 0 Å². The van der Waals surface area contributed by atoms with Crippen LogP contribution in [0.25, 0.3) is 0 Å². The van der Waals surface area contributed by atoms with Crippen LogP contribution in [-0.4, -0.2) is 29.9 Å². The van der Waals surface area contributed by atoms with Crippen LogP contribution in [0.2, 0.25) is 0 Å². The Morgan fingerprint density at radius 2 is 1.88 bits per heavy atom. The maximum atomic E-state index is 14.0. The lowest BCUT2D eigenvalue weighted by Gasteiger charge is -2.29. The first-order chi connectivity index (χ1) is 12.4. The van der Waals surface area contributed by atoms with Gasteiger partial charge in [-0.1, -0.05) is 0 Å². The third-order valence-corrected chi connectivity index (χ3v) is 4.46. The molecule has 0 aliphatic carbocycles. The van der Waals surface area contributed by atoms with Gasteiger partial charge in [0.25, 0.3) is 11.8 Å². The SMILES string of the molecule is Cc1nc(NC(=O)c2cc(F)cc(N3CCCCC3)c2)ccc1C(N)=O. The van der Waals surface area contributed by atoms with E-state index in [0.717, 1.165) is 25.9 Å². The second kappa shape index (κ2) is 7.51. The Balaban J connectivity index is 1.80. The number of primary amides is 1. The lowest BCUT2D eigenvalue weighted by Crippen LogP contribution is -2.29. The molecule has 2 heterocycles. The molecular weight excluding hydrogens is 335 g/mol. The molecule has 1 aliphatic heterocycles. The summed E-state index contributed by atoms with van der Waals surface area (Å²) in [6, 6.07) is 7.34. The molecule has 2 aromatic rings.